The number of rotatable bonds is 3. The molecule has 3 aromatic rings. The number of hydrogen-bond donors (Lipinski definition) is 2. The molecule has 0 radical (unpaired) electrons. The molecule has 0 saturated heterocycles. The highest BCUT2D eigenvalue weighted by Gasteiger charge is 2.09. The van der Waals surface area contributed by atoms with E-state index in [-0.39, 0.29) is 0 Å². The number of nitrogens with zero attached hydrogens (tertiary/aromatic N) is 3. The lowest BCUT2D eigenvalue weighted by Gasteiger charge is -2.12. The Morgan fingerprint density at radius 2 is 1.91 bits per heavy atom. The lowest BCUT2D eigenvalue weighted by atomic mass is 10.2. The summed E-state index contributed by atoms with van der Waals surface area (Å²) in [6, 6.07) is 9.56. The monoisotopic (exact) mass is 313 g/mol. The summed E-state index contributed by atoms with van der Waals surface area (Å²) in [6.45, 7) is 0. The summed E-state index contributed by atoms with van der Waals surface area (Å²) in [5.41, 5.74) is 3.45. The Balaban J connectivity index is 1.81. The molecular formula is C15H15N5OS. The second-order valence-electron chi connectivity index (χ2n) is 4.67. The molecule has 0 spiro atoms. The number of thiocarbonyl (C=S) groups is 1. The van der Waals surface area contributed by atoms with Crippen LogP contribution in [0.25, 0.3) is 11.0 Å². The van der Waals surface area contributed by atoms with Gasteiger partial charge >= 0.3 is 0 Å². The fraction of sp³-hybridized carbons (Fsp3) is 0.133. The van der Waals surface area contributed by atoms with Gasteiger partial charge in [-0.05, 0) is 36.5 Å². The average Bonchev–Trinajstić information content (AvgIpc) is 2.90. The first-order valence-electron chi connectivity index (χ1n) is 6.66. The van der Waals surface area contributed by atoms with Crippen LogP contribution in [0.4, 0.5) is 11.4 Å². The molecule has 22 heavy (non-hydrogen) atoms. The summed E-state index contributed by atoms with van der Waals surface area (Å²) in [4.78, 5) is 8.51. The number of methoxy groups -OCH3 is 1. The van der Waals surface area contributed by atoms with E-state index in [9.17, 15) is 0 Å². The number of imidazole rings is 1. The van der Waals surface area contributed by atoms with Crippen LogP contribution in [0.1, 0.15) is 0 Å². The van der Waals surface area contributed by atoms with Crippen LogP contribution in [0, 0.1) is 0 Å². The molecule has 0 aliphatic heterocycles. The minimum Gasteiger partial charge on any atom is -0.480 e. The van der Waals surface area contributed by atoms with Crippen molar-refractivity contribution < 1.29 is 4.74 Å². The molecule has 0 aliphatic carbocycles. The number of hydrogen-bond acceptors (Lipinski definition) is 4. The van der Waals surface area contributed by atoms with E-state index in [1.165, 1.54) is 0 Å². The van der Waals surface area contributed by atoms with E-state index in [4.69, 9.17) is 17.0 Å². The molecule has 0 saturated carbocycles. The van der Waals surface area contributed by atoms with Crippen LogP contribution in [0.2, 0.25) is 0 Å². The smallest absolute Gasteiger partial charge is 0.237 e. The molecule has 112 valence electrons. The third kappa shape index (κ3) is 2.71. The van der Waals surface area contributed by atoms with E-state index in [1.54, 1.807) is 19.6 Å². The third-order valence-electron chi connectivity index (χ3n) is 3.22. The standard InChI is InChI=1S/C15H15N5OS/c1-20-9-17-13-10(5-3-7-12(13)20)18-15(22)19-11-6-4-8-16-14(11)21-2/h3-9H,1-2H3,(H2,18,19,22). The van der Waals surface area contributed by atoms with Gasteiger partial charge in [0.05, 0.1) is 24.6 Å². The number of aromatic nitrogens is 3. The van der Waals surface area contributed by atoms with Gasteiger partial charge in [-0.1, -0.05) is 6.07 Å². The van der Waals surface area contributed by atoms with Crippen molar-refractivity contribution in [3.63, 3.8) is 0 Å². The van der Waals surface area contributed by atoms with E-state index < -0.39 is 0 Å². The van der Waals surface area contributed by atoms with Crippen LogP contribution in [0.5, 0.6) is 5.88 Å². The second kappa shape index (κ2) is 5.98. The highest BCUT2D eigenvalue weighted by molar-refractivity contribution is 7.80. The molecule has 0 bridgehead atoms. The largest absolute Gasteiger partial charge is 0.480 e. The molecule has 7 heteroatoms. The topological polar surface area (TPSA) is 64.0 Å². The summed E-state index contributed by atoms with van der Waals surface area (Å²) in [6.07, 6.45) is 3.44. The maximum Gasteiger partial charge on any atom is 0.237 e. The van der Waals surface area contributed by atoms with Gasteiger partial charge in [0, 0.05) is 13.2 Å². The molecule has 0 unspecified atom stereocenters. The van der Waals surface area contributed by atoms with Gasteiger partial charge in [0.2, 0.25) is 5.88 Å². The van der Waals surface area contributed by atoms with E-state index in [0.717, 1.165) is 16.7 Å². The van der Waals surface area contributed by atoms with Crippen LogP contribution in [0.3, 0.4) is 0 Å². The molecule has 0 fully saturated rings. The normalized spacial score (nSPS) is 10.5. The zero-order valence-electron chi connectivity index (χ0n) is 12.2. The fourth-order valence-corrected chi connectivity index (χ4v) is 2.40. The Bertz CT molecular complexity index is 830. The molecule has 2 N–H and O–H groups in total. The highest BCUT2D eigenvalue weighted by atomic mass is 32.1. The fourth-order valence-electron chi connectivity index (χ4n) is 2.18. The first kappa shape index (κ1) is 14.3. The van der Waals surface area contributed by atoms with Gasteiger partial charge in [-0.2, -0.15) is 0 Å². The van der Waals surface area contributed by atoms with Crippen molar-refractivity contribution in [3.8, 4) is 5.88 Å². The molecule has 3 rings (SSSR count). The first-order valence-corrected chi connectivity index (χ1v) is 7.07. The van der Waals surface area contributed by atoms with Crippen LogP contribution in [-0.2, 0) is 7.05 Å². The molecule has 0 aliphatic rings. The predicted molar refractivity (Wildman–Crippen MR) is 91.3 cm³/mol. The van der Waals surface area contributed by atoms with Crippen molar-refractivity contribution in [2.75, 3.05) is 17.7 Å². The van der Waals surface area contributed by atoms with Crippen LogP contribution in [0.15, 0.2) is 42.9 Å². The second-order valence-corrected chi connectivity index (χ2v) is 5.08. The molecule has 2 heterocycles. The number of nitrogens with one attached hydrogen (secondary N) is 2. The summed E-state index contributed by atoms with van der Waals surface area (Å²) in [5.74, 6) is 0.489. The van der Waals surface area contributed by atoms with E-state index >= 15 is 0 Å². The van der Waals surface area contributed by atoms with Gasteiger partial charge in [-0.25, -0.2) is 9.97 Å². The third-order valence-corrected chi connectivity index (χ3v) is 3.42. The SMILES string of the molecule is COc1ncccc1NC(=S)Nc1cccc2c1ncn2C. The molecule has 6 nitrogen and oxygen atoms in total. The minimum atomic E-state index is 0.449. The highest BCUT2D eigenvalue weighted by Crippen LogP contribution is 2.23. The van der Waals surface area contributed by atoms with Crippen molar-refractivity contribution in [1.82, 2.24) is 14.5 Å². The Hall–Kier alpha value is -2.67. The first-order chi connectivity index (χ1) is 10.7. The van der Waals surface area contributed by atoms with Gasteiger partial charge in [0.1, 0.15) is 11.2 Å². The zero-order valence-corrected chi connectivity index (χ0v) is 13.0. The number of anilines is 2. The van der Waals surface area contributed by atoms with Crippen LogP contribution in [-0.4, -0.2) is 26.8 Å². The quantitative estimate of drug-likeness (QED) is 0.725. The van der Waals surface area contributed by atoms with E-state index in [0.29, 0.717) is 16.7 Å². The van der Waals surface area contributed by atoms with Crippen molar-refractivity contribution in [2.45, 2.75) is 0 Å². The lowest BCUT2D eigenvalue weighted by molar-refractivity contribution is 0.400. The zero-order chi connectivity index (χ0) is 15.5. The van der Waals surface area contributed by atoms with Gasteiger partial charge in [-0.3, -0.25) is 0 Å². The Labute approximate surface area is 133 Å². The number of ether oxygens (including phenoxy) is 1. The maximum atomic E-state index is 5.36. The Morgan fingerprint density at radius 3 is 2.73 bits per heavy atom. The number of benzene rings is 1. The van der Waals surface area contributed by atoms with Gasteiger partial charge < -0.3 is 19.9 Å². The van der Waals surface area contributed by atoms with Crippen LogP contribution >= 0.6 is 12.2 Å². The van der Waals surface area contributed by atoms with Gasteiger partial charge in [0.25, 0.3) is 0 Å². The summed E-state index contributed by atoms with van der Waals surface area (Å²) in [7, 11) is 3.52. The van der Waals surface area contributed by atoms with Crippen molar-refractivity contribution in [1.29, 1.82) is 0 Å². The molecule has 2 aromatic heterocycles. The van der Waals surface area contributed by atoms with E-state index in [2.05, 4.69) is 20.6 Å². The van der Waals surface area contributed by atoms with Crippen molar-refractivity contribution >= 4 is 39.7 Å². The van der Waals surface area contributed by atoms with E-state index in [1.807, 2.05) is 41.9 Å². The number of para-hydroxylation sites is 1. The maximum absolute atomic E-state index is 5.36. The van der Waals surface area contributed by atoms with Gasteiger partial charge in [-0.15, -0.1) is 0 Å². The molecule has 0 atom stereocenters. The summed E-state index contributed by atoms with van der Waals surface area (Å²) >= 11 is 5.36. The lowest BCUT2D eigenvalue weighted by Crippen LogP contribution is -2.19. The number of fused-ring (bicyclic) bond motifs is 1. The van der Waals surface area contributed by atoms with Crippen LogP contribution < -0.4 is 15.4 Å². The molecule has 1 aromatic carbocycles. The summed E-state index contributed by atoms with van der Waals surface area (Å²) < 4.78 is 7.15. The van der Waals surface area contributed by atoms with Crippen molar-refractivity contribution in [2.24, 2.45) is 7.05 Å². The van der Waals surface area contributed by atoms with Gasteiger partial charge in [0.15, 0.2) is 5.11 Å². The molecular weight excluding hydrogens is 298 g/mol. The number of aryl methyl sites for hydroxylation is 1. The molecule has 0 amide bonds. The Morgan fingerprint density at radius 1 is 1.14 bits per heavy atom. The predicted octanol–water partition coefficient (Wildman–Crippen LogP) is 2.79. The Kier molecular flexibility index (Phi) is 3.88. The minimum absolute atomic E-state index is 0.449. The average molecular weight is 313 g/mol. The summed E-state index contributed by atoms with van der Waals surface area (Å²) in [5, 5.41) is 6.69. The van der Waals surface area contributed by atoms with Crippen molar-refractivity contribution in [3.05, 3.63) is 42.9 Å². The number of pyridine rings is 1.